The molecule has 4 nitrogen and oxygen atoms in total. The lowest BCUT2D eigenvalue weighted by Crippen LogP contribution is -2.07. The first kappa shape index (κ1) is 11.8. The van der Waals surface area contributed by atoms with Gasteiger partial charge >= 0.3 is 0 Å². The molecule has 0 unspecified atom stereocenters. The SMILES string of the molecule is CCCc1nccn1-c1cncc(CNC)c1. The van der Waals surface area contributed by atoms with E-state index in [1.807, 2.05) is 31.8 Å². The minimum Gasteiger partial charge on any atom is -0.316 e. The Morgan fingerprint density at radius 3 is 3.00 bits per heavy atom. The first-order valence-electron chi connectivity index (χ1n) is 5.96. The highest BCUT2D eigenvalue weighted by Gasteiger charge is 2.04. The standard InChI is InChI=1S/C13H18N4/c1-3-4-13-16-5-6-17(13)12-7-11(8-14-2)9-15-10-12/h5-7,9-10,14H,3-4,8H2,1-2H3. The molecule has 4 heteroatoms. The van der Waals surface area contributed by atoms with Crippen LogP contribution in [0.4, 0.5) is 0 Å². The minimum atomic E-state index is 0.832. The highest BCUT2D eigenvalue weighted by atomic mass is 15.1. The predicted molar refractivity (Wildman–Crippen MR) is 68.1 cm³/mol. The summed E-state index contributed by atoms with van der Waals surface area (Å²) in [5.74, 6) is 1.09. The fourth-order valence-corrected chi connectivity index (χ4v) is 1.88. The van der Waals surface area contributed by atoms with Crippen LogP contribution in [0.15, 0.2) is 30.9 Å². The molecule has 0 aliphatic heterocycles. The van der Waals surface area contributed by atoms with Crippen LogP contribution in [0.5, 0.6) is 0 Å². The molecule has 2 heterocycles. The van der Waals surface area contributed by atoms with Gasteiger partial charge in [-0.15, -0.1) is 0 Å². The topological polar surface area (TPSA) is 42.7 Å². The minimum absolute atomic E-state index is 0.832. The highest BCUT2D eigenvalue weighted by molar-refractivity contribution is 5.33. The van der Waals surface area contributed by atoms with Gasteiger partial charge in [0.25, 0.3) is 0 Å². The third-order valence-corrected chi connectivity index (χ3v) is 2.63. The average Bonchev–Trinajstić information content (AvgIpc) is 2.79. The summed E-state index contributed by atoms with van der Waals surface area (Å²) in [7, 11) is 1.94. The van der Waals surface area contributed by atoms with Crippen LogP contribution in [0.3, 0.4) is 0 Å². The van der Waals surface area contributed by atoms with Crippen molar-refractivity contribution in [3.05, 3.63) is 42.2 Å². The molecule has 0 atom stereocenters. The molecule has 0 radical (unpaired) electrons. The molecule has 0 aliphatic rings. The number of aryl methyl sites for hydroxylation is 1. The van der Waals surface area contributed by atoms with Gasteiger partial charge in [-0.05, 0) is 25.1 Å². The second-order valence-electron chi connectivity index (χ2n) is 4.05. The second-order valence-corrected chi connectivity index (χ2v) is 4.05. The summed E-state index contributed by atoms with van der Waals surface area (Å²) in [6.45, 7) is 2.99. The first-order chi connectivity index (χ1) is 8.35. The van der Waals surface area contributed by atoms with E-state index in [9.17, 15) is 0 Å². The Hall–Kier alpha value is -1.68. The summed E-state index contributed by atoms with van der Waals surface area (Å²) >= 11 is 0. The number of pyridine rings is 1. The van der Waals surface area contributed by atoms with Gasteiger partial charge in [0.1, 0.15) is 5.82 Å². The zero-order valence-electron chi connectivity index (χ0n) is 10.3. The van der Waals surface area contributed by atoms with E-state index in [1.165, 1.54) is 5.56 Å². The van der Waals surface area contributed by atoms with Crippen molar-refractivity contribution < 1.29 is 0 Å². The van der Waals surface area contributed by atoms with Crippen molar-refractivity contribution >= 4 is 0 Å². The van der Waals surface area contributed by atoms with Gasteiger partial charge in [-0.2, -0.15) is 0 Å². The maximum Gasteiger partial charge on any atom is 0.113 e. The number of nitrogens with one attached hydrogen (secondary N) is 1. The van der Waals surface area contributed by atoms with E-state index >= 15 is 0 Å². The van der Waals surface area contributed by atoms with Crippen LogP contribution in [-0.4, -0.2) is 21.6 Å². The Balaban J connectivity index is 2.31. The summed E-state index contributed by atoms with van der Waals surface area (Å²) in [4.78, 5) is 8.65. The zero-order chi connectivity index (χ0) is 12.1. The lowest BCUT2D eigenvalue weighted by Gasteiger charge is -2.08. The van der Waals surface area contributed by atoms with Crippen LogP contribution >= 0.6 is 0 Å². The van der Waals surface area contributed by atoms with Gasteiger partial charge < -0.3 is 9.88 Å². The molecule has 17 heavy (non-hydrogen) atoms. The van der Waals surface area contributed by atoms with E-state index in [4.69, 9.17) is 0 Å². The van der Waals surface area contributed by atoms with E-state index in [-0.39, 0.29) is 0 Å². The number of imidazole rings is 1. The lowest BCUT2D eigenvalue weighted by molar-refractivity contribution is 0.794. The van der Waals surface area contributed by atoms with Gasteiger partial charge in [0.05, 0.1) is 11.9 Å². The maximum atomic E-state index is 4.38. The number of rotatable bonds is 5. The lowest BCUT2D eigenvalue weighted by atomic mass is 10.2. The maximum absolute atomic E-state index is 4.38. The Bertz CT molecular complexity index is 476. The van der Waals surface area contributed by atoms with Crippen molar-refractivity contribution in [3.63, 3.8) is 0 Å². The van der Waals surface area contributed by atoms with Crippen LogP contribution in [0.1, 0.15) is 24.7 Å². The molecule has 90 valence electrons. The number of hydrogen-bond donors (Lipinski definition) is 1. The molecule has 0 amide bonds. The van der Waals surface area contributed by atoms with E-state index in [1.54, 1.807) is 0 Å². The van der Waals surface area contributed by atoms with Crippen molar-refractivity contribution in [2.45, 2.75) is 26.3 Å². The normalized spacial score (nSPS) is 10.7. The zero-order valence-corrected chi connectivity index (χ0v) is 10.3. The Labute approximate surface area is 102 Å². The van der Waals surface area contributed by atoms with Crippen molar-refractivity contribution in [2.75, 3.05) is 7.05 Å². The summed E-state index contributed by atoms with van der Waals surface area (Å²) < 4.78 is 2.11. The third kappa shape index (κ3) is 2.71. The van der Waals surface area contributed by atoms with Crippen molar-refractivity contribution in [1.29, 1.82) is 0 Å². The second kappa shape index (κ2) is 5.59. The third-order valence-electron chi connectivity index (χ3n) is 2.63. The molecule has 0 spiro atoms. The largest absolute Gasteiger partial charge is 0.316 e. The molecule has 0 saturated heterocycles. The molecule has 2 aromatic rings. The van der Waals surface area contributed by atoms with Crippen LogP contribution < -0.4 is 5.32 Å². The van der Waals surface area contributed by atoms with Crippen molar-refractivity contribution in [3.8, 4) is 5.69 Å². The predicted octanol–water partition coefficient (Wildman–Crippen LogP) is 1.94. The van der Waals surface area contributed by atoms with E-state index in [0.29, 0.717) is 0 Å². The number of hydrogen-bond acceptors (Lipinski definition) is 3. The molecule has 0 bridgehead atoms. The monoisotopic (exact) mass is 230 g/mol. The molecule has 2 rings (SSSR count). The molecule has 1 N–H and O–H groups in total. The molecular weight excluding hydrogens is 212 g/mol. The van der Waals surface area contributed by atoms with Gasteiger partial charge in [-0.3, -0.25) is 4.98 Å². The molecule has 0 fully saturated rings. The molecule has 0 saturated carbocycles. The number of nitrogens with zero attached hydrogens (tertiary/aromatic N) is 3. The summed E-state index contributed by atoms with van der Waals surface area (Å²) in [6, 6.07) is 2.14. The van der Waals surface area contributed by atoms with Gasteiger partial charge in [0.2, 0.25) is 0 Å². The van der Waals surface area contributed by atoms with Crippen molar-refractivity contribution in [1.82, 2.24) is 19.9 Å². The van der Waals surface area contributed by atoms with Gasteiger partial charge in [-0.25, -0.2) is 4.98 Å². The van der Waals surface area contributed by atoms with Gasteiger partial charge in [0, 0.05) is 31.6 Å². The first-order valence-corrected chi connectivity index (χ1v) is 5.96. The van der Waals surface area contributed by atoms with Crippen LogP contribution in [-0.2, 0) is 13.0 Å². The smallest absolute Gasteiger partial charge is 0.113 e. The van der Waals surface area contributed by atoms with E-state index in [0.717, 1.165) is 30.9 Å². The molecule has 0 aromatic carbocycles. The molecular formula is C13H18N4. The van der Waals surface area contributed by atoms with Crippen LogP contribution in [0.25, 0.3) is 5.69 Å². The van der Waals surface area contributed by atoms with Crippen LogP contribution in [0, 0.1) is 0 Å². The van der Waals surface area contributed by atoms with Crippen LogP contribution in [0.2, 0.25) is 0 Å². The Morgan fingerprint density at radius 1 is 1.35 bits per heavy atom. The quantitative estimate of drug-likeness (QED) is 0.853. The fraction of sp³-hybridized carbons (Fsp3) is 0.385. The summed E-state index contributed by atoms with van der Waals surface area (Å²) in [5, 5.41) is 3.13. The molecule has 2 aromatic heterocycles. The van der Waals surface area contributed by atoms with E-state index in [2.05, 4.69) is 32.8 Å². The Morgan fingerprint density at radius 2 is 2.24 bits per heavy atom. The summed E-state index contributed by atoms with van der Waals surface area (Å²) in [6.07, 6.45) is 9.68. The highest BCUT2D eigenvalue weighted by Crippen LogP contribution is 2.12. The number of aromatic nitrogens is 3. The average molecular weight is 230 g/mol. The Kier molecular flexibility index (Phi) is 3.88. The summed E-state index contributed by atoms with van der Waals surface area (Å²) in [5.41, 5.74) is 2.26. The van der Waals surface area contributed by atoms with Gasteiger partial charge in [0.15, 0.2) is 0 Å². The van der Waals surface area contributed by atoms with Crippen molar-refractivity contribution in [2.24, 2.45) is 0 Å². The fourth-order valence-electron chi connectivity index (χ4n) is 1.88. The molecule has 0 aliphatic carbocycles. The van der Waals surface area contributed by atoms with E-state index < -0.39 is 0 Å². The van der Waals surface area contributed by atoms with Gasteiger partial charge in [-0.1, -0.05) is 6.92 Å².